The van der Waals surface area contributed by atoms with E-state index in [1.807, 2.05) is 24.3 Å². The van der Waals surface area contributed by atoms with Gasteiger partial charge in [0.15, 0.2) is 11.6 Å². The summed E-state index contributed by atoms with van der Waals surface area (Å²) < 4.78 is 40.7. The highest BCUT2D eigenvalue weighted by Crippen LogP contribution is 2.28. The SMILES string of the molecule is CC(Nc1c(F)cc(F)cc1F)c1ccccc1Br. The van der Waals surface area contributed by atoms with Crippen molar-refractivity contribution < 1.29 is 13.2 Å². The van der Waals surface area contributed by atoms with Crippen molar-refractivity contribution in [3.8, 4) is 0 Å². The number of nitrogens with one attached hydrogen (secondary N) is 1. The van der Waals surface area contributed by atoms with Crippen LogP contribution in [0.4, 0.5) is 18.9 Å². The fourth-order valence-electron chi connectivity index (χ4n) is 1.80. The van der Waals surface area contributed by atoms with E-state index in [1.165, 1.54) is 0 Å². The molecule has 0 saturated heterocycles. The molecule has 0 aromatic heterocycles. The van der Waals surface area contributed by atoms with Crippen LogP contribution in [0.25, 0.3) is 0 Å². The van der Waals surface area contributed by atoms with Crippen LogP contribution in [0.5, 0.6) is 0 Å². The summed E-state index contributed by atoms with van der Waals surface area (Å²) in [7, 11) is 0. The molecule has 0 bridgehead atoms. The van der Waals surface area contributed by atoms with Crippen LogP contribution < -0.4 is 5.32 Å². The lowest BCUT2D eigenvalue weighted by atomic mass is 10.1. The third-order valence-electron chi connectivity index (χ3n) is 2.74. The van der Waals surface area contributed by atoms with Crippen LogP contribution in [-0.4, -0.2) is 0 Å². The number of hydrogen-bond acceptors (Lipinski definition) is 1. The van der Waals surface area contributed by atoms with Crippen molar-refractivity contribution in [1.82, 2.24) is 0 Å². The Kier molecular flexibility index (Phi) is 4.14. The number of hydrogen-bond donors (Lipinski definition) is 1. The van der Waals surface area contributed by atoms with Gasteiger partial charge in [-0.1, -0.05) is 34.1 Å². The molecule has 1 N–H and O–H groups in total. The molecule has 5 heteroatoms. The van der Waals surface area contributed by atoms with Gasteiger partial charge in [0.25, 0.3) is 0 Å². The molecule has 100 valence electrons. The van der Waals surface area contributed by atoms with Crippen molar-refractivity contribution in [3.63, 3.8) is 0 Å². The highest BCUT2D eigenvalue weighted by atomic mass is 79.9. The molecule has 0 saturated carbocycles. The zero-order valence-corrected chi connectivity index (χ0v) is 11.6. The summed E-state index contributed by atoms with van der Waals surface area (Å²) >= 11 is 3.37. The van der Waals surface area contributed by atoms with E-state index in [0.717, 1.165) is 10.0 Å². The van der Waals surface area contributed by atoms with Gasteiger partial charge in [-0.25, -0.2) is 13.2 Å². The first-order valence-electron chi connectivity index (χ1n) is 5.64. The molecule has 0 fully saturated rings. The topological polar surface area (TPSA) is 12.0 Å². The van der Waals surface area contributed by atoms with E-state index >= 15 is 0 Å². The summed E-state index contributed by atoms with van der Waals surface area (Å²) in [5.74, 6) is -2.83. The van der Waals surface area contributed by atoms with Gasteiger partial charge in [0.05, 0.1) is 0 Å². The number of halogens is 4. The van der Waals surface area contributed by atoms with Crippen LogP contribution >= 0.6 is 15.9 Å². The molecule has 0 radical (unpaired) electrons. The number of rotatable bonds is 3. The first-order valence-corrected chi connectivity index (χ1v) is 6.44. The van der Waals surface area contributed by atoms with Crippen LogP contribution in [0.2, 0.25) is 0 Å². The highest BCUT2D eigenvalue weighted by molar-refractivity contribution is 9.10. The predicted octanol–water partition coefficient (Wildman–Crippen LogP) is 5.04. The molecule has 0 spiro atoms. The molecule has 2 aromatic carbocycles. The monoisotopic (exact) mass is 329 g/mol. The van der Waals surface area contributed by atoms with Gasteiger partial charge in [0.2, 0.25) is 0 Å². The van der Waals surface area contributed by atoms with E-state index in [2.05, 4.69) is 21.2 Å². The van der Waals surface area contributed by atoms with E-state index in [9.17, 15) is 13.2 Å². The number of anilines is 1. The molecule has 0 aliphatic rings. The first kappa shape index (κ1) is 13.9. The zero-order chi connectivity index (χ0) is 14.0. The molecule has 0 aliphatic heterocycles. The van der Waals surface area contributed by atoms with Gasteiger partial charge in [-0.2, -0.15) is 0 Å². The lowest BCUT2D eigenvalue weighted by Gasteiger charge is -2.18. The van der Waals surface area contributed by atoms with Gasteiger partial charge in [0.1, 0.15) is 11.5 Å². The zero-order valence-electron chi connectivity index (χ0n) is 10.1. The molecule has 1 unspecified atom stereocenters. The molecule has 2 rings (SSSR count). The highest BCUT2D eigenvalue weighted by Gasteiger charge is 2.15. The van der Waals surface area contributed by atoms with Crippen LogP contribution in [0.3, 0.4) is 0 Å². The second-order valence-electron chi connectivity index (χ2n) is 4.13. The third-order valence-corrected chi connectivity index (χ3v) is 3.46. The summed E-state index contributed by atoms with van der Waals surface area (Å²) in [6, 6.07) is 8.32. The van der Waals surface area contributed by atoms with Crippen molar-refractivity contribution in [2.45, 2.75) is 13.0 Å². The summed E-state index contributed by atoms with van der Waals surface area (Å²) in [5.41, 5.74) is 0.523. The van der Waals surface area contributed by atoms with Crippen molar-refractivity contribution >= 4 is 21.6 Å². The fraction of sp³-hybridized carbons (Fsp3) is 0.143. The molecule has 19 heavy (non-hydrogen) atoms. The molecular formula is C14H11BrF3N. The Labute approximate surface area is 117 Å². The predicted molar refractivity (Wildman–Crippen MR) is 72.5 cm³/mol. The van der Waals surface area contributed by atoms with Gasteiger partial charge in [-0.3, -0.25) is 0 Å². The molecule has 1 atom stereocenters. The molecule has 2 aromatic rings. The Bertz CT molecular complexity index is 578. The summed E-state index contributed by atoms with van der Waals surface area (Å²) in [6.45, 7) is 1.77. The van der Waals surface area contributed by atoms with E-state index in [-0.39, 0.29) is 11.7 Å². The maximum absolute atomic E-state index is 13.5. The Balaban J connectivity index is 2.29. The normalized spacial score (nSPS) is 12.3. The van der Waals surface area contributed by atoms with E-state index in [0.29, 0.717) is 12.1 Å². The maximum Gasteiger partial charge on any atom is 0.152 e. The Morgan fingerprint density at radius 3 is 2.21 bits per heavy atom. The van der Waals surface area contributed by atoms with Crippen LogP contribution in [0.15, 0.2) is 40.9 Å². The van der Waals surface area contributed by atoms with Gasteiger partial charge in [0, 0.05) is 22.6 Å². The quantitative estimate of drug-likeness (QED) is 0.831. The van der Waals surface area contributed by atoms with Crippen molar-refractivity contribution in [2.75, 3.05) is 5.32 Å². The van der Waals surface area contributed by atoms with Crippen molar-refractivity contribution in [1.29, 1.82) is 0 Å². The number of benzene rings is 2. The first-order chi connectivity index (χ1) is 8.99. The minimum Gasteiger partial charge on any atom is -0.374 e. The van der Waals surface area contributed by atoms with E-state index in [4.69, 9.17) is 0 Å². The minimum absolute atomic E-state index is 0.329. The Hall–Kier alpha value is -1.49. The van der Waals surface area contributed by atoms with Crippen molar-refractivity contribution in [3.05, 3.63) is 63.9 Å². The summed E-state index contributed by atoms with van der Waals surface area (Å²) in [5, 5.41) is 2.72. The van der Waals surface area contributed by atoms with Gasteiger partial charge in [-0.05, 0) is 18.6 Å². The Morgan fingerprint density at radius 2 is 1.63 bits per heavy atom. The Morgan fingerprint density at radius 1 is 1.05 bits per heavy atom. The minimum atomic E-state index is -0.948. The van der Waals surface area contributed by atoms with E-state index in [1.54, 1.807) is 6.92 Å². The van der Waals surface area contributed by atoms with Gasteiger partial charge in [-0.15, -0.1) is 0 Å². The summed E-state index contributed by atoms with van der Waals surface area (Å²) in [6.07, 6.45) is 0. The molecule has 0 aliphatic carbocycles. The maximum atomic E-state index is 13.5. The lowest BCUT2D eigenvalue weighted by molar-refractivity contribution is 0.545. The molecule has 0 heterocycles. The summed E-state index contributed by atoms with van der Waals surface area (Å²) in [4.78, 5) is 0. The van der Waals surface area contributed by atoms with Crippen LogP contribution in [-0.2, 0) is 0 Å². The van der Waals surface area contributed by atoms with E-state index < -0.39 is 17.5 Å². The second kappa shape index (κ2) is 5.65. The second-order valence-corrected chi connectivity index (χ2v) is 4.99. The largest absolute Gasteiger partial charge is 0.374 e. The van der Waals surface area contributed by atoms with Crippen LogP contribution in [0, 0.1) is 17.5 Å². The molecule has 0 amide bonds. The average molecular weight is 330 g/mol. The molecule has 1 nitrogen and oxygen atoms in total. The van der Waals surface area contributed by atoms with Gasteiger partial charge < -0.3 is 5.32 Å². The molecular weight excluding hydrogens is 319 g/mol. The average Bonchev–Trinajstić information content (AvgIpc) is 2.34. The smallest absolute Gasteiger partial charge is 0.152 e. The standard InChI is InChI=1S/C14H11BrF3N/c1-8(10-4-2-3-5-11(10)15)19-14-12(17)6-9(16)7-13(14)18/h2-8,19H,1H3. The third kappa shape index (κ3) is 3.10. The van der Waals surface area contributed by atoms with Crippen LogP contribution in [0.1, 0.15) is 18.5 Å². The van der Waals surface area contributed by atoms with Crippen molar-refractivity contribution in [2.24, 2.45) is 0 Å². The fourth-order valence-corrected chi connectivity index (χ4v) is 2.43. The van der Waals surface area contributed by atoms with Gasteiger partial charge >= 0.3 is 0 Å². The lowest BCUT2D eigenvalue weighted by Crippen LogP contribution is -2.10.